The van der Waals surface area contributed by atoms with Gasteiger partial charge in [0.2, 0.25) is 11.8 Å². The van der Waals surface area contributed by atoms with Crippen LogP contribution in [-0.4, -0.2) is 154 Å². The van der Waals surface area contributed by atoms with E-state index in [0.29, 0.717) is 88.7 Å². The van der Waals surface area contributed by atoms with Crippen molar-refractivity contribution in [2.75, 3.05) is 66.2 Å². The number of aliphatic hydroxyl groups is 2. The van der Waals surface area contributed by atoms with E-state index in [2.05, 4.69) is 30.1 Å². The summed E-state index contributed by atoms with van der Waals surface area (Å²) in [6.45, 7) is 0.689. The Balaban J connectivity index is 0.000000220. The van der Waals surface area contributed by atoms with E-state index in [1.807, 2.05) is 31.1 Å². The Morgan fingerprint density at radius 1 is 0.679 bits per heavy atom. The Morgan fingerprint density at radius 2 is 1.24 bits per heavy atom. The number of aromatic nitrogens is 10. The number of hydrogen-bond donors (Lipinski definition) is 2. The summed E-state index contributed by atoms with van der Waals surface area (Å²) in [5.74, 6) is -0.0755. The highest BCUT2D eigenvalue weighted by Gasteiger charge is 2.34. The number of halogens is 2. The van der Waals surface area contributed by atoms with E-state index in [4.69, 9.17) is 28.9 Å². The fourth-order valence-corrected chi connectivity index (χ4v) is 9.34. The predicted molar refractivity (Wildman–Crippen MR) is 295 cm³/mol. The molecule has 2 aliphatic rings. The first kappa shape index (κ1) is 57.8. The predicted octanol–water partition coefficient (Wildman–Crippen LogP) is 5.13. The van der Waals surface area contributed by atoms with Crippen LogP contribution in [0, 0.1) is 11.6 Å². The standard InChI is InChI=1S/2C26H28FN7O4.2H2S/c1-32-14-16(12-29-32)20-13-28-19-5-6-23(31-26(19)30-20)34(15-17-4-7-24(36)33(17)8-9-35)21-10-18(37-2)11-22(38-3)25(21)27;1-32-14-16(12-29-32)21-13-28-19-5-6-23(30-20-10-18(37-2)11-22(38-3)25(20)27)34(26(19)31-21)15-17-4-7-24(36)33(17)8-9-35;;/h2*5-6,10-14,17,35H,4,7-9,15H2,1-3H3;2*1H2. The summed E-state index contributed by atoms with van der Waals surface area (Å²) >= 11 is 0. The lowest BCUT2D eigenvalue weighted by molar-refractivity contribution is -0.130. The van der Waals surface area contributed by atoms with E-state index < -0.39 is 11.6 Å². The molecule has 26 heteroatoms. The molecule has 22 nitrogen and oxygen atoms in total. The third-order valence-corrected chi connectivity index (χ3v) is 13.2. The van der Waals surface area contributed by atoms with Crippen molar-refractivity contribution >= 4 is 78.3 Å². The molecule has 8 aromatic rings. The van der Waals surface area contributed by atoms with Gasteiger partial charge in [-0.3, -0.25) is 28.9 Å². The molecule has 0 spiro atoms. The van der Waals surface area contributed by atoms with E-state index in [1.54, 1.807) is 79.2 Å². The lowest BCUT2D eigenvalue weighted by Gasteiger charge is -2.32. The van der Waals surface area contributed by atoms with Crippen molar-refractivity contribution in [2.24, 2.45) is 19.1 Å². The molecular weight excluding hydrogens is 1050 g/mol. The van der Waals surface area contributed by atoms with Gasteiger partial charge < -0.3 is 48.4 Å². The molecule has 0 aliphatic carbocycles. The van der Waals surface area contributed by atoms with Crippen LogP contribution >= 0.6 is 27.0 Å². The summed E-state index contributed by atoms with van der Waals surface area (Å²) in [7, 11) is 9.36. The molecule has 78 heavy (non-hydrogen) atoms. The highest BCUT2D eigenvalue weighted by atomic mass is 32.1. The number of nitrogens with zero attached hydrogens (tertiary/aromatic N) is 14. The van der Waals surface area contributed by atoms with Crippen molar-refractivity contribution in [1.29, 1.82) is 0 Å². The molecule has 2 saturated heterocycles. The van der Waals surface area contributed by atoms with Crippen LogP contribution in [-0.2, 0) is 30.2 Å². The average molecular weight is 1110 g/mol. The van der Waals surface area contributed by atoms with Crippen LogP contribution in [0.3, 0.4) is 0 Å². The molecule has 6 aromatic heterocycles. The number of benzene rings is 2. The smallest absolute Gasteiger partial charge is 0.223 e. The number of rotatable bonds is 17. The lowest BCUT2D eigenvalue weighted by atomic mass is 10.1. The highest BCUT2D eigenvalue weighted by molar-refractivity contribution is 7.59. The van der Waals surface area contributed by atoms with Crippen molar-refractivity contribution < 1.29 is 47.5 Å². The zero-order valence-electron chi connectivity index (χ0n) is 43.7. The molecule has 2 aliphatic heterocycles. The van der Waals surface area contributed by atoms with Crippen molar-refractivity contribution in [3.63, 3.8) is 0 Å². The molecule has 2 N–H and O–H groups in total. The van der Waals surface area contributed by atoms with Crippen LogP contribution in [0.25, 0.3) is 44.8 Å². The second-order valence-electron chi connectivity index (χ2n) is 17.9. The molecule has 0 saturated carbocycles. The molecule has 2 amide bonds. The number of aliphatic hydroxyl groups excluding tert-OH is 2. The number of aryl methyl sites for hydroxylation is 2. The number of methoxy groups -OCH3 is 4. The molecule has 8 heterocycles. The van der Waals surface area contributed by atoms with Gasteiger partial charge in [0, 0.05) is 101 Å². The number of amides is 2. The molecule has 0 bridgehead atoms. The fraction of sp³-hybridized carbons (Fsp3) is 0.346. The first-order valence-electron chi connectivity index (χ1n) is 24.3. The molecular formula is C52H60F2N14O8S2. The average Bonchev–Trinajstić information content (AvgIpc) is 4.28. The minimum atomic E-state index is -0.631. The highest BCUT2D eigenvalue weighted by Crippen LogP contribution is 2.38. The van der Waals surface area contributed by atoms with Crippen molar-refractivity contribution in [2.45, 2.75) is 44.3 Å². The molecule has 2 fully saturated rings. The summed E-state index contributed by atoms with van der Waals surface area (Å²) in [6.07, 6.45) is 12.3. The zero-order valence-corrected chi connectivity index (χ0v) is 45.7. The second-order valence-corrected chi connectivity index (χ2v) is 17.9. The fourth-order valence-electron chi connectivity index (χ4n) is 9.34. The monoisotopic (exact) mass is 1110 g/mol. The number of ether oxygens (including phenoxy) is 4. The van der Waals surface area contributed by atoms with Crippen LogP contribution in [0.1, 0.15) is 25.7 Å². The number of fused-ring (bicyclic) bond motifs is 2. The molecule has 2 atom stereocenters. The largest absolute Gasteiger partial charge is 0.497 e. The van der Waals surface area contributed by atoms with Crippen LogP contribution in [0.2, 0.25) is 0 Å². The van der Waals surface area contributed by atoms with Gasteiger partial charge in [0.05, 0.1) is 95.6 Å². The maximum Gasteiger partial charge on any atom is 0.223 e. The van der Waals surface area contributed by atoms with Gasteiger partial charge >= 0.3 is 0 Å². The second kappa shape index (κ2) is 25.5. The van der Waals surface area contributed by atoms with E-state index in [0.717, 1.165) is 11.1 Å². The summed E-state index contributed by atoms with van der Waals surface area (Å²) < 4.78 is 57.3. The summed E-state index contributed by atoms with van der Waals surface area (Å²) in [5.41, 5.74) is 5.48. The molecule has 10 rings (SSSR count). The normalized spacial score (nSPS) is 15.3. The minimum Gasteiger partial charge on any atom is -0.497 e. The Labute approximate surface area is 460 Å². The van der Waals surface area contributed by atoms with Crippen molar-refractivity contribution in [3.05, 3.63) is 103 Å². The summed E-state index contributed by atoms with van der Waals surface area (Å²) in [4.78, 5) is 58.0. The molecule has 2 unspecified atom stereocenters. The third-order valence-electron chi connectivity index (χ3n) is 13.2. The van der Waals surface area contributed by atoms with Crippen molar-refractivity contribution in [1.82, 2.24) is 58.8 Å². The number of anilines is 2. The van der Waals surface area contributed by atoms with E-state index in [9.17, 15) is 19.8 Å². The maximum atomic E-state index is 15.7. The SMILES string of the molecule is COc1cc(N=c2ccc3ncc(-c4cnn(C)c4)nc3n2CC2CCC(=O)N2CCO)c(F)c(OC)c1.COc1cc(OC)c(F)c(N(CC2CCC(=O)N2CCO)c2ccc3ncc(-c4cnn(C)c4)nc3n2)c1.S.S. The van der Waals surface area contributed by atoms with Gasteiger partial charge in [0.15, 0.2) is 34.4 Å². The van der Waals surface area contributed by atoms with Gasteiger partial charge in [-0.25, -0.2) is 28.7 Å². The first-order chi connectivity index (χ1) is 36.8. The van der Waals surface area contributed by atoms with Gasteiger partial charge in [-0.2, -0.15) is 37.2 Å². The first-order valence-corrected chi connectivity index (χ1v) is 24.3. The van der Waals surface area contributed by atoms with Gasteiger partial charge in [-0.1, -0.05) is 0 Å². The quantitative estimate of drug-likeness (QED) is 0.120. The third kappa shape index (κ3) is 12.3. The Kier molecular flexibility index (Phi) is 18.9. The van der Waals surface area contributed by atoms with Crippen LogP contribution in [0.15, 0.2) is 90.7 Å². The van der Waals surface area contributed by atoms with Gasteiger partial charge in [-0.15, -0.1) is 0 Å². The summed E-state index contributed by atoms with van der Waals surface area (Å²) in [6, 6.07) is 12.5. The lowest BCUT2D eigenvalue weighted by Crippen LogP contribution is -2.42. The number of β-amino-alcohol motifs (C(OH)–C–C–N with tert-alkyl or cyclic N) is 2. The number of pyridine rings is 2. The Morgan fingerprint density at radius 3 is 1.83 bits per heavy atom. The van der Waals surface area contributed by atoms with Crippen LogP contribution in [0.4, 0.5) is 26.0 Å². The Bertz CT molecular complexity index is 3510. The van der Waals surface area contributed by atoms with Crippen molar-refractivity contribution in [3.8, 4) is 45.5 Å². The molecule has 412 valence electrons. The zero-order chi connectivity index (χ0) is 53.6. The molecule has 0 radical (unpaired) electrons. The van der Waals surface area contributed by atoms with Crippen LogP contribution < -0.4 is 29.3 Å². The number of carbonyl (C=O) groups excluding carboxylic acids is 2. The number of hydrogen-bond acceptors (Lipinski definition) is 17. The number of carbonyl (C=O) groups is 2. The van der Waals surface area contributed by atoms with Gasteiger partial charge in [0.25, 0.3) is 0 Å². The van der Waals surface area contributed by atoms with E-state index in [-0.39, 0.29) is 107 Å². The summed E-state index contributed by atoms with van der Waals surface area (Å²) in [5, 5.41) is 27.5. The van der Waals surface area contributed by atoms with Crippen LogP contribution in [0.5, 0.6) is 23.0 Å². The van der Waals surface area contributed by atoms with E-state index in [1.165, 1.54) is 46.6 Å². The Hall–Kier alpha value is -7.94. The molecule has 2 aromatic carbocycles. The minimum absolute atomic E-state index is 0. The van der Waals surface area contributed by atoms with Gasteiger partial charge in [-0.05, 0) is 37.1 Å². The van der Waals surface area contributed by atoms with Gasteiger partial charge in [0.1, 0.15) is 39.5 Å². The maximum absolute atomic E-state index is 15.7. The topological polar surface area (TPSA) is 239 Å². The van der Waals surface area contributed by atoms with E-state index >= 15 is 8.78 Å². The number of likely N-dealkylation sites (tertiary alicyclic amines) is 2.